The fourth-order valence-electron chi connectivity index (χ4n) is 1.61. The Hall–Kier alpha value is -2.76. The third-order valence-corrected chi connectivity index (χ3v) is 2.61. The van der Waals surface area contributed by atoms with Gasteiger partial charge in [-0.1, -0.05) is 0 Å². The van der Waals surface area contributed by atoms with Crippen LogP contribution in [0.1, 0.15) is 0 Å². The minimum absolute atomic E-state index is 0.0298. The molecule has 0 amide bonds. The zero-order valence-corrected chi connectivity index (χ0v) is 10.3. The molecule has 0 unspecified atom stereocenters. The first kappa shape index (κ1) is 12.7. The maximum Gasteiger partial charge on any atom is 0.271 e. The molecule has 0 aliphatic carbocycles. The highest BCUT2D eigenvalue weighted by Gasteiger charge is 2.08. The molecule has 0 spiro atoms. The van der Waals surface area contributed by atoms with Gasteiger partial charge in [-0.25, -0.2) is 0 Å². The van der Waals surface area contributed by atoms with Gasteiger partial charge in [0.25, 0.3) is 5.69 Å². The molecule has 0 heterocycles. The van der Waals surface area contributed by atoms with Crippen molar-refractivity contribution >= 4 is 22.7 Å². The zero-order chi connectivity index (χ0) is 13.8. The summed E-state index contributed by atoms with van der Waals surface area (Å²) in [5.41, 5.74) is 7.51. The van der Waals surface area contributed by atoms with Crippen LogP contribution in [-0.2, 0) is 0 Å². The van der Waals surface area contributed by atoms with E-state index in [9.17, 15) is 10.1 Å². The number of ether oxygens (including phenoxy) is 1. The molecule has 19 heavy (non-hydrogen) atoms. The van der Waals surface area contributed by atoms with Gasteiger partial charge in [0.05, 0.1) is 23.4 Å². The van der Waals surface area contributed by atoms with Crippen LogP contribution < -0.4 is 15.8 Å². The Morgan fingerprint density at radius 3 is 2.42 bits per heavy atom. The molecule has 2 aromatic rings. The first-order valence-corrected chi connectivity index (χ1v) is 5.55. The number of nitro groups is 1. The minimum atomic E-state index is -0.479. The lowest BCUT2D eigenvalue weighted by atomic mass is 10.2. The molecule has 0 atom stereocenters. The summed E-state index contributed by atoms with van der Waals surface area (Å²) in [4.78, 5) is 10.1. The van der Waals surface area contributed by atoms with Crippen LogP contribution in [-0.4, -0.2) is 12.0 Å². The summed E-state index contributed by atoms with van der Waals surface area (Å²) in [6, 6.07) is 11.6. The van der Waals surface area contributed by atoms with Crippen molar-refractivity contribution in [1.29, 1.82) is 0 Å². The molecule has 0 saturated heterocycles. The molecule has 2 aromatic carbocycles. The van der Waals surface area contributed by atoms with E-state index in [-0.39, 0.29) is 5.69 Å². The number of hydrogen-bond acceptors (Lipinski definition) is 5. The van der Waals surface area contributed by atoms with E-state index in [0.717, 1.165) is 11.4 Å². The smallest absolute Gasteiger partial charge is 0.271 e. The number of nitro benzene ring substituents is 1. The lowest BCUT2D eigenvalue weighted by Crippen LogP contribution is -1.98. The number of non-ortho nitro benzene ring substituents is 1. The number of methoxy groups -OCH3 is 1. The number of rotatable bonds is 4. The third kappa shape index (κ3) is 2.92. The van der Waals surface area contributed by atoms with Crippen molar-refractivity contribution in [1.82, 2.24) is 0 Å². The van der Waals surface area contributed by atoms with Gasteiger partial charge in [-0.2, -0.15) is 0 Å². The number of nitrogen functional groups attached to an aromatic ring is 1. The first-order chi connectivity index (χ1) is 9.10. The maximum atomic E-state index is 10.6. The van der Waals surface area contributed by atoms with Gasteiger partial charge in [0.15, 0.2) is 0 Å². The topological polar surface area (TPSA) is 90.4 Å². The van der Waals surface area contributed by atoms with E-state index in [0.29, 0.717) is 11.4 Å². The second-order valence-corrected chi connectivity index (χ2v) is 3.88. The molecule has 98 valence electrons. The van der Waals surface area contributed by atoms with Crippen LogP contribution in [0.2, 0.25) is 0 Å². The van der Waals surface area contributed by atoms with Gasteiger partial charge in [0.1, 0.15) is 5.75 Å². The number of nitrogens with two attached hydrogens (primary N) is 1. The molecule has 0 aliphatic heterocycles. The Labute approximate surface area is 110 Å². The van der Waals surface area contributed by atoms with E-state index in [1.165, 1.54) is 12.1 Å². The highest BCUT2D eigenvalue weighted by atomic mass is 16.6. The molecule has 0 fully saturated rings. The normalized spacial score (nSPS) is 9.95. The minimum Gasteiger partial charge on any atom is -0.497 e. The molecular weight excluding hydrogens is 246 g/mol. The fourth-order valence-corrected chi connectivity index (χ4v) is 1.61. The van der Waals surface area contributed by atoms with Crippen molar-refractivity contribution in [3.63, 3.8) is 0 Å². The van der Waals surface area contributed by atoms with Gasteiger partial charge < -0.3 is 15.8 Å². The Kier molecular flexibility index (Phi) is 3.51. The number of anilines is 3. The van der Waals surface area contributed by atoms with E-state index in [1.54, 1.807) is 13.2 Å². The summed E-state index contributed by atoms with van der Waals surface area (Å²) < 4.78 is 5.06. The summed E-state index contributed by atoms with van der Waals surface area (Å²) in [5, 5.41) is 13.7. The predicted molar refractivity (Wildman–Crippen MR) is 73.8 cm³/mol. The van der Waals surface area contributed by atoms with E-state index >= 15 is 0 Å². The summed E-state index contributed by atoms with van der Waals surface area (Å²) >= 11 is 0. The van der Waals surface area contributed by atoms with Gasteiger partial charge in [-0.3, -0.25) is 10.1 Å². The first-order valence-electron chi connectivity index (χ1n) is 5.55. The molecule has 0 aromatic heterocycles. The van der Waals surface area contributed by atoms with Crippen LogP contribution in [0.5, 0.6) is 5.75 Å². The standard InChI is InChI=1S/C13H13N3O3/c1-19-11-5-2-9(3-6-11)15-13-7-4-10(16(17)18)8-12(13)14/h2-8,15H,14H2,1H3. The van der Waals surface area contributed by atoms with Crippen molar-refractivity contribution < 1.29 is 9.66 Å². The Morgan fingerprint density at radius 2 is 1.89 bits per heavy atom. The van der Waals surface area contributed by atoms with Gasteiger partial charge >= 0.3 is 0 Å². The fraction of sp³-hybridized carbons (Fsp3) is 0.0769. The number of nitrogens with zero attached hydrogens (tertiary/aromatic N) is 1. The van der Waals surface area contributed by atoms with Crippen molar-refractivity contribution in [2.75, 3.05) is 18.2 Å². The quantitative estimate of drug-likeness (QED) is 0.500. The molecule has 0 saturated carbocycles. The van der Waals surface area contributed by atoms with Gasteiger partial charge in [0.2, 0.25) is 0 Å². The lowest BCUT2D eigenvalue weighted by Gasteiger charge is -2.09. The van der Waals surface area contributed by atoms with Crippen molar-refractivity contribution in [3.8, 4) is 5.75 Å². The number of benzene rings is 2. The predicted octanol–water partition coefficient (Wildman–Crippen LogP) is 2.93. The van der Waals surface area contributed by atoms with Crippen LogP contribution in [0.3, 0.4) is 0 Å². The summed E-state index contributed by atoms with van der Waals surface area (Å²) in [5.74, 6) is 0.752. The van der Waals surface area contributed by atoms with Crippen LogP contribution >= 0.6 is 0 Å². The SMILES string of the molecule is COc1ccc(Nc2ccc([N+](=O)[O-])cc2N)cc1. The van der Waals surface area contributed by atoms with Crippen molar-refractivity contribution in [2.24, 2.45) is 0 Å². The maximum absolute atomic E-state index is 10.6. The molecule has 2 rings (SSSR count). The van der Waals surface area contributed by atoms with E-state index in [2.05, 4.69) is 5.32 Å². The largest absolute Gasteiger partial charge is 0.497 e. The van der Waals surface area contributed by atoms with Crippen molar-refractivity contribution in [2.45, 2.75) is 0 Å². The average molecular weight is 259 g/mol. The second kappa shape index (κ2) is 5.26. The Balaban J connectivity index is 2.20. The van der Waals surface area contributed by atoms with Crippen LogP contribution in [0.15, 0.2) is 42.5 Å². The molecule has 3 N–H and O–H groups in total. The van der Waals surface area contributed by atoms with Gasteiger partial charge in [0, 0.05) is 17.8 Å². The van der Waals surface area contributed by atoms with Crippen LogP contribution in [0.25, 0.3) is 0 Å². The van der Waals surface area contributed by atoms with Gasteiger partial charge in [-0.05, 0) is 30.3 Å². The molecular formula is C13H13N3O3. The Morgan fingerprint density at radius 1 is 1.21 bits per heavy atom. The Bertz CT molecular complexity index is 597. The molecule has 0 aliphatic rings. The molecule has 6 nitrogen and oxygen atoms in total. The summed E-state index contributed by atoms with van der Waals surface area (Å²) in [6.07, 6.45) is 0. The summed E-state index contributed by atoms with van der Waals surface area (Å²) in [7, 11) is 1.59. The van der Waals surface area contributed by atoms with E-state index in [1.807, 2.05) is 24.3 Å². The van der Waals surface area contributed by atoms with E-state index < -0.39 is 4.92 Å². The van der Waals surface area contributed by atoms with Crippen LogP contribution in [0.4, 0.5) is 22.7 Å². The molecule has 0 bridgehead atoms. The highest BCUT2D eigenvalue weighted by Crippen LogP contribution is 2.27. The van der Waals surface area contributed by atoms with E-state index in [4.69, 9.17) is 10.5 Å². The number of nitrogens with one attached hydrogen (secondary N) is 1. The monoisotopic (exact) mass is 259 g/mol. The van der Waals surface area contributed by atoms with Crippen molar-refractivity contribution in [3.05, 3.63) is 52.6 Å². The zero-order valence-electron chi connectivity index (χ0n) is 10.3. The third-order valence-electron chi connectivity index (χ3n) is 2.61. The number of hydrogen-bond donors (Lipinski definition) is 2. The average Bonchev–Trinajstić information content (AvgIpc) is 2.41. The molecule has 6 heteroatoms. The lowest BCUT2D eigenvalue weighted by molar-refractivity contribution is -0.384. The van der Waals surface area contributed by atoms with Gasteiger partial charge in [-0.15, -0.1) is 0 Å². The molecule has 0 radical (unpaired) electrons. The summed E-state index contributed by atoms with van der Waals surface area (Å²) in [6.45, 7) is 0. The second-order valence-electron chi connectivity index (χ2n) is 3.88. The van der Waals surface area contributed by atoms with Crippen LogP contribution in [0, 0.1) is 10.1 Å². The highest BCUT2D eigenvalue weighted by molar-refractivity contribution is 5.74.